The summed E-state index contributed by atoms with van der Waals surface area (Å²) in [6, 6.07) is 0.224. The number of fused-ring (bicyclic) bond motifs is 1. The number of piperidine rings is 1. The molecule has 0 bridgehead atoms. The number of anilines is 2. The van der Waals surface area contributed by atoms with Gasteiger partial charge in [-0.15, -0.1) is 0 Å². The van der Waals surface area contributed by atoms with E-state index in [9.17, 15) is 8.42 Å². The van der Waals surface area contributed by atoms with E-state index < -0.39 is 9.84 Å². The summed E-state index contributed by atoms with van der Waals surface area (Å²) < 4.78 is 30.7. The number of likely N-dealkylation sites (tertiary alicyclic amines) is 1. The molecule has 2 aliphatic heterocycles. The number of aromatic nitrogens is 6. The molecule has 2 fully saturated rings. The lowest BCUT2D eigenvalue weighted by Crippen LogP contribution is -2.38. The van der Waals surface area contributed by atoms with Crippen molar-refractivity contribution in [1.82, 2.24) is 34.4 Å². The minimum atomic E-state index is -2.96. The first kappa shape index (κ1) is 22.9. The van der Waals surface area contributed by atoms with E-state index in [4.69, 9.17) is 20.4 Å². The Balaban J connectivity index is 1.46. The summed E-state index contributed by atoms with van der Waals surface area (Å²) in [5.41, 5.74) is 8.57. The molecular formula is C21H29N9O3S. The number of rotatable bonds is 6. The zero-order valence-electron chi connectivity index (χ0n) is 19.2. The molecule has 2 N–H and O–H groups in total. The van der Waals surface area contributed by atoms with Crippen LogP contribution in [0.1, 0.15) is 18.9 Å². The second-order valence-electron chi connectivity index (χ2n) is 8.83. The van der Waals surface area contributed by atoms with Gasteiger partial charge in [0, 0.05) is 63.0 Å². The average Bonchev–Trinajstić information content (AvgIpc) is 3.27. The van der Waals surface area contributed by atoms with Crippen molar-refractivity contribution in [2.75, 3.05) is 68.6 Å². The predicted molar refractivity (Wildman–Crippen MR) is 128 cm³/mol. The Kier molecular flexibility index (Phi) is 6.32. The Bertz CT molecular complexity index is 1250. The highest BCUT2D eigenvalue weighted by Gasteiger charge is 2.26. The monoisotopic (exact) mass is 487 g/mol. The summed E-state index contributed by atoms with van der Waals surface area (Å²) in [4.78, 5) is 27.0. The number of hydrogen-bond acceptors (Lipinski definition) is 11. The molecule has 0 aliphatic carbocycles. The molecule has 5 heterocycles. The molecule has 2 saturated heterocycles. The van der Waals surface area contributed by atoms with Crippen LogP contribution in [0.3, 0.4) is 0 Å². The Labute approximate surface area is 198 Å². The molecule has 13 heteroatoms. The van der Waals surface area contributed by atoms with Crippen molar-refractivity contribution in [3.8, 4) is 11.3 Å². The van der Waals surface area contributed by atoms with Crippen LogP contribution in [0.15, 0.2) is 18.7 Å². The summed E-state index contributed by atoms with van der Waals surface area (Å²) in [5, 5.41) is 0. The van der Waals surface area contributed by atoms with Gasteiger partial charge in [0.15, 0.2) is 5.65 Å². The summed E-state index contributed by atoms with van der Waals surface area (Å²) in [6.45, 7) is 4.94. The van der Waals surface area contributed by atoms with Gasteiger partial charge in [0.25, 0.3) is 0 Å². The summed E-state index contributed by atoms with van der Waals surface area (Å²) in [7, 11) is -2.96. The van der Waals surface area contributed by atoms with Gasteiger partial charge in [0.2, 0.25) is 11.9 Å². The van der Waals surface area contributed by atoms with Crippen molar-refractivity contribution in [3.63, 3.8) is 0 Å². The molecule has 3 aromatic rings. The van der Waals surface area contributed by atoms with Crippen LogP contribution in [0.5, 0.6) is 0 Å². The first-order valence-electron chi connectivity index (χ1n) is 11.4. The normalized spacial score (nSPS) is 18.6. The third-order valence-electron chi connectivity index (χ3n) is 6.38. The Morgan fingerprint density at radius 2 is 1.76 bits per heavy atom. The Morgan fingerprint density at radius 1 is 1.06 bits per heavy atom. The number of nitrogens with zero attached hydrogens (tertiary/aromatic N) is 8. The van der Waals surface area contributed by atoms with Gasteiger partial charge in [0.05, 0.1) is 25.3 Å². The maximum absolute atomic E-state index is 11.5. The molecule has 0 saturated carbocycles. The third-order valence-corrected chi connectivity index (χ3v) is 7.30. The van der Waals surface area contributed by atoms with E-state index in [0.717, 1.165) is 50.2 Å². The van der Waals surface area contributed by atoms with Gasteiger partial charge in [-0.2, -0.15) is 4.98 Å². The fourth-order valence-electron chi connectivity index (χ4n) is 4.45. The van der Waals surface area contributed by atoms with Crippen LogP contribution in [0.2, 0.25) is 0 Å². The molecule has 0 aromatic carbocycles. The SMILES string of the molecule is CS(=O)(=O)CCN1CCC(n2cnc3c(-c4cnc(N)nc4)nc(N4CCOCC4)nc32)CC1. The van der Waals surface area contributed by atoms with Crippen LogP contribution in [-0.2, 0) is 14.6 Å². The van der Waals surface area contributed by atoms with Crippen molar-refractivity contribution in [1.29, 1.82) is 0 Å². The molecule has 0 radical (unpaired) electrons. The quantitative estimate of drug-likeness (QED) is 0.515. The van der Waals surface area contributed by atoms with Gasteiger partial charge >= 0.3 is 0 Å². The number of imidazole rings is 1. The van der Waals surface area contributed by atoms with Crippen LogP contribution < -0.4 is 10.6 Å². The van der Waals surface area contributed by atoms with E-state index in [1.54, 1.807) is 12.4 Å². The second-order valence-corrected chi connectivity index (χ2v) is 11.1. The van der Waals surface area contributed by atoms with Crippen LogP contribution >= 0.6 is 0 Å². The molecule has 2 aliphatic rings. The largest absolute Gasteiger partial charge is 0.378 e. The molecule has 12 nitrogen and oxygen atoms in total. The van der Waals surface area contributed by atoms with Crippen LogP contribution in [-0.4, -0.2) is 101 Å². The predicted octanol–water partition coefficient (Wildman–Crippen LogP) is 0.384. The highest BCUT2D eigenvalue weighted by Crippen LogP contribution is 2.31. The first-order valence-corrected chi connectivity index (χ1v) is 13.5. The molecule has 34 heavy (non-hydrogen) atoms. The number of nitrogen functional groups attached to an aromatic ring is 1. The molecular weight excluding hydrogens is 458 g/mol. The van der Waals surface area contributed by atoms with E-state index in [1.807, 2.05) is 6.33 Å². The van der Waals surface area contributed by atoms with E-state index >= 15 is 0 Å². The van der Waals surface area contributed by atoms with Crippen LogP contribution in [0, 0.1) is 0 Å². The minimum absolute atomic E-state index is 0.189. The summed E-state index contributed by atoms with van der Waals surface area (Å²) >= 11 is 0. The summed E-state index contributed by atoms with van der Waals surface area (Å²) in [5.74, 6) is 1.03. The van der Waals surface area contributed by atoms with E-state index in [1.165, 1.54) is 6.26 Å². The van der Waals surface area contributed by atoms with Crippen LogP contribution in [0.25, 0.3) is 22.4 Å². The van der Waals surface area contributed by atoms with Crippen molar-refractivity contribution in [3.05, 3.63) is 18.7 Å². The summed E-state index contributed by atoms with van der Waals surface area (Å²) in [6.07, 6.45) is 8.23. The molecule has 0 amide bonds. The van der Waals surface area contributed by atoms with Crippen molar-refractivity contribution in [2.45, 2.75) is 18.9 Å². The van der Waals surface area contributed by atoms with Gasteiger partial charge in [-0.3, -0.25) is 0 Å². The zero-order valence-corrected chi connectivity index (χ0v) is 20.0. The number of nitrogens with two attached hydrogens (primary N) is 1. The maximum atomic E-state index is 11.5. The first-order chi connectivity index (χ1) is 16.4. The van der Waals surface area contributed by atoms with E-state index in [2.05, 4.69) is 29.3 Å². The Morgan fingerprint density at radius 3 is 2.44 bits per heavy atom. The van der Waals surface area contributed by atoms with Gasteiger partial charge in [-0.1, -0.05) is 0 Å². The molecule has 0 unspecified atom stereocenters. The highest BCUT2D eigenvalue weighted by molar-refractivity contribution is 7.90. The van der Waals surface area contributed by atoms with Crippen LogP contribution in [0.4, 0.5) is 11.9 Å². The number of hydrogen-bond donors (Lipinski definition) is 1. The number of morpholine rings is 1. The lowest BCUT2D eigenvalue weighted by Gasteiger charge is -2.32. The Hall–Kier alpha value is -2.90. The van der Waals surface area contributed by atoms with Crippen molar-refractivity contribution >= 4 is 32.9 Å². The van der Waals surface area contributed by atoms with Gasteiger partial charge in [-0.25, -0.2) is 28.4 Å². The minimum Gasteiger partial charge on any atom is -0.378 e. The molecule has 0 spiro atoms. The lowest BCUT2D eigenvalue weighted by molar-refractivity contribution is 0.122. The van der Waals surface area contributed by atoms with Crippen molar-refractivity contribution in [2.24, 2.45) is 0 Å². The molecule has 0 atom stereocenters. The van der Waals surface area contributed by atoms with E-state index in [-0.39, 0.29) is 17.7 Å². The van der Waals surface area contributed by atoms with Gasteiger partial charge in [-0.05, 0) is 12.8 Å². The fraction of sp³-hybridized carbons (Fsp3) is 0.571. The fourth-order valence-corrected chi connectivity index (χ4v) is 5.04. The zero-order chi connectivity index (χ0) is 23.7. The van der Waals surface area contributed by atoms with Gasteiger partial charge < -0.3 is 24.8 Å². The molecule has 5 rings (SSSR count). The number of ether oxygens (including phenoxy) is 1. The molecule has 3 aromatic heterocycles. The topological polar surface area (TPSA) is 145 Å². The lowest BCUT2D eigenvalue weighted by atomic mass is 10.0. The highest BCUT2D eigenvalue weighted by atomic mass is 32.2. The number of sulfone groups is 1. The smallest absolute Gasteiger partial charge is 0.228 e. The maximum Gasteiger partial charge on any atom is 0.228 e. The van der Waals surface area contributed by atoms with Crippen molar-refractivity contribution < 1.29 is 13.2 Å². The van der Waals surface area contributed by atoms with E-state index in [0.29, 0.717) is 36.9 Å². The third kappa shape index (κ3) is 4.95. The second kappa shape index (κ2) is 9.39. The average molecular weight is 488 g/mol. The molecule has 182 valence electrons. The van der Waals surface area contributed by atoms with Gasteiger partial charge in [0.1, 0.15) is 21.0 Å². The standard InChI is InChI=1S/C21H29N9O3S/c1-34(31,32)11-8-28-4-2-16(3-5-28)30-14-25-18-17(15-12-23-20(22)24-13-15)26-21(27-19(18)30)29-6-9-33-10-7-29/h12-14,16H,2-11H2,1H3,(H2,22,23,24).